The van der Waals surface area contributed by atoms with Gasteiger partial charge in [-0.3, -0.25) is 24.0 Å². The molecule has 0 fully saturated rings. The number of carbonyl (C=O) groups is 3. The molecule has 10 heteroatoms. The second kappa shape index (κ2) is 8.40. The number of rotatable bonds is 6. The molecule has 33 heavy (non-hydrogen) atoms. The molecule has 4 rings (SSSR count). The van der Waals surface area contributed by atoms with Crippen molar-refractivity contribution < 1.29 is 27.5 Å². The minimum Gasteiger partial charge on any atom is -0.497 e. The monoisotopic (exact) mass is 465 g/mol. The van der Waals surface area contributed by atoms with Gasteiger partial charge < -0.3 is 10.1 Å². The van der Waals surface area contributed by atoms with E-state index in [1.165, 1.54) is 56.6 Å². The number of anilines is 2. The van der Waals surface area contributed by atoms with E-state index in [0.29, 0.717) is 5.75 Å². The van der Waals surface area contributed by atoms with Crippen LogP contribution in [0.25, 0.3) is 0 Å². The van der Waals surface area contributed by atoms with E-state index < -0.39 is 27.7 Å². The SMILES string of the molecule is COc1ccc(S(=O)(=O)Nc2ccc(C(=O)Nc3cccc4c3C(=O)N(C)C4=O)cc2)cc1. The Balaban J connectivity index is 1.50. The summed E-state index contributed by atoms with van der Waals surface area (Å²) < 4.78 is 32.6. The highest BCUT2D eigenvalue weighted by Gasteiger charge is 2.35. The first-order valence-electron chi connectivity index (χ1n) is 9.75. The summed E-state index contributed by atoms with van der Waals surface area (Å²) in [5.41, 5.74) is 1.10. The average Bonchev–Trinajstić information content (AvgIpc) is 3.04. The molecule has 1 heterocycles. The van der Waals surface area contributed by atoms with Crippen LogP contribution in [0.2, 0.25) is 0 Å². The number of amides is 3. The van der Waals surface area contributed by atoms with Crippen molar-refractivity contribution in [2.24, 2.45) is 0 Å². The molecule has 0 saturated carbocycles. The van der Waals surface area contributed by atoms with Crippen LogP contribution in [0.3, 0.4) is 0 Å². The van der Waals surface area contributed by atoms with Gasteiger partial charge in [0.2, 0.25) is 0 Å². The molecule has 0 spiro atoms. The molecule has 168 valence electrons. The van der Waals surface area contributed by atoms with Crippen molar-refractivity contribution in [1.29, 1.82) is 0 Å². The topological polar surface area (TPSA) is 122 Å². The molecular weight excluding hydrogens is 446 g/mol. The highest BCUT2D eigenvalue weighted by atomic mass is 32.2. The van der Waals surface area contributed by atoms with E-state index in [9.17, 15) is 22.8 Å². The maximum Gasteiger partial charge on any atom is 0.263 e. The van der Waals surface area contributed by atoms with Crippen molar-refractivity contribution in [3.63, 3.8) is 0 Å². The summed E-state index contributed by atoms with van der Waals surface area (Å²) in [6, 6.07) is 16.4. The fraction of sp³-hybridized carbons (Fsp3) is 0.0870. The summed E-state index contributed by atoms with van der Waals surface area (Å²) >= 11 is 0. The van der Waals surface area contributed by atoms with Gasteiger partial charge in [0, 0.05) is 18.3 Å². The smallest absolute Gasteiger partial charge is 0.263 e. The third-order valence-electron chi connectivity index (χ3n) is 5.14. The van der Waals surface area contributed by atoms with Crippen LogP contribution in [0.5, 0.6) is 5.75 Å². The summed E-state index contributed by atoms with van der Waals surface area (Å²) in [6.07, 6.45) is 0. The van der Waals surface area contributed by atoms with Gasteiger partial charge in [0.15, 0.2) is 0 Å². The molecule has 2 N–H and O–H groups in total. The van der Waals surface area contributed by atoms with E-state index in [2.05, 4.69) is 10.0 Å². The zero-order valence-electron chi connectivity index (χ0n) is 17.7. The van der Waals surface area contributed by atoms with Crippen LogP contribution in [0.4, 0.5) is 11.4 Å². The first-order valence-corrected chi connectivity index (χ1v) is 11.2. The third-order valence-corrected chi connectivity index (χ3v) is 6.53. The first-order chi connectivity index (χ1) is 15.7. The highest BCUT2D eigenvalue weighted by molar-refractivity contribution is 7.92. The zero-order valence-corrected chi connectivity index (χ0v) is 18.5. The largest absolute Gasteiger partial charge is 0.497 e. The van der Waals surface area contributed by atoms with Gasteiger partial charge in [-0.1, -0.05) is 6.07 Å². The number of benzene rings is 3. The molecule has 0 aliphatic carbocycles. The minimum atomic E-state index is -3.82. The molecule has 0 saturated heterocycles. The van der Waals surface area contributed by atoms with Crippen LogP contribution < -0.4 is 14.8 Å². The number of methoxy groups -OCH3 is 1. The van der Waals surface area contributed by atoms with Crippen LogP contribution in [0, 0.1) is 0 Å². The van der Waals surface area contributed by atoms with Crippen molar-refractivity contribution in [3.8, 4) is 5.75 Å². The van der Waals surface area contributed by atoms with Gasteiger partial charge in [0.1, 0.15) is 5.75 Å². The Hall–Kier alpha value is -4.18. The first kappa shape index (κ1) is 22.0. The van der Waals surface area contributed by atoms with E-state index in [1.54, 1.807) is 24.3 Å². The molecule has 0 atom stereocenters. The lowest BCUT2D eigenvalue weighted by molar-refractivity contribution is 0.0693. The van der Waals surface area contributed by atoms with Crippen molar-refractivity contribution in [2.75, 3.05) is 24.2 Å². The molecule has 9 nitrogen and oxygen atoms in total. The van der Waals surface area contributed by atoms with Crippen molar-refractivity contribution >= 4 is 39.1 Å². The molecule has 0 aromatic heterocycles. The predicted molar refractivity (Wildman–Crippen MR) is 121 cm³/mol. The molecule has 0 unspecified atom stereocenters. The maximum atomic E-state index is 12.7. The maximum absolute atomic E-state index is 12.7. The number of nitrogens with zero attached hydrogens (tertiary/aromatic N) is 1. The fourth-order valence-corrected chi connectivity index (χ4v) is 4.42. The Morgan fingerprint density at radius 1 is 0.909 bits per heavy atom. The van der Waals surface area contributed by atoms with Gasteiger partial charge in [-0.25, -0.2) is 8.42 Å². The molecule has 1 aliphatic rings. The lowest BCUT2D eigenvalue weighted by Gasteiger charge is -2.11. The average molecular weight is 465 g/mol. The van der Waals surface area contributed by atoms with Gasteiger partial charge in [-0.05, 0) is 60.7 Å². The van der Waals surface area contributed by atoms with Gasteiger partial charge >= 0.3 is 0 Å². The summed E-state index contributed by atoms with van der Waals surface area (Å²) in [6.45, 7) is 0. The van der Waals surface area contributed by atoms with Gasteiger partial charge in [-0.2, -0.15) is 0 Å². The summed E-state index contributed by atoms with van der Waals surface area (Å²) in [4.78, 5) is 38.2. The molecule has 3 amide bonds. The minimum absolute atomic E-state index is 0.0623. The van der Waals surface area contributed by atoms with Crippen LogP contribution >= 0.6 is 0 Å². The number of fused-ring (bicyclic) bond motifs is 1. The second-order valence-corrected chi connectivity index (χ2v) is 8.89. The Bertz CT molecular complexity index is 1370. The molecular formula is C23H19N3O6S. The van der Waals surface area contributed by atoms with E-state index >= 15 is 0 Å². The van der Waals surface area contributed by atoms with Gasteiger partial charge in [0.25, 0.3) is 27.7 Å². The standard InChI is InChI=1S/C23H19N3O6S/c1-26-22(28)18-4-3-5-19(20(18)23(26)29)24-21(27)14-6-8-15(9-7-14)25-33(30,31)17-12-10-16(32-2)11-13-17/h3-13,25H,1-2H3,(H,24,27). The Morgan fingerprint density at radius 2 is 1.58 bits per heavy atom. The Kier molecular flexibility index (Phi) is 5.60. The van der Waals surface area contributed by atoms with Crippen molar-refractivity contribution in [3.05, 3.63) is 83.4 Å². The van der Waals surface area contributed by atoms with Crippen LogP contribution in [-0.4, -0.2) is 45.2 Å². The number of imide groups is 1. The quantitative estimate of drug-likeness (QED) is 0.540. The molecule has 1 aliphatic heterocycles. The van der Waals surface area contributed by atoms with Gasteiger partial charge in [-0.15, -0.1) is 0 Å². The lowest BCUT2D eigenvalue weighted by Crippen LogP contribution is -2.24. The second-order valence-electron chi connectivity index (χ2n) is 7.21. The number of hydrogen-bond acceptors (Lipinski definition) is 6. The van der Waals surface area contributed by atoms with E-state index in [0.717, 1.165) is 4.90 Å². The summed E-state index contributed by atoms with van der Waals surface area (Å²) in [5, 5.41) is 2.65. The number of hydrogen-bond donors (Lipinski definition) is 2. The molecule has 0 bridgehead atoms. The predicted octanol–water partition coefficient (Wildman–Crippen LogP) is 2.97. The Labute approximate surface area is 190 Å². The van der Waals surface area contributed by atoms with Crippen molar-refractivity contribution in [2.45, 2.75) is 4.90 Å². The normalized spacial score (nSPS) is 13.0. The number of carbonyl (C=O) groups excluding carboxylic acids is 3. The van der Waals surface area contributed by atoms with Crippen LogP contribution in [-0.2, 0) is 10.0 Å². The molecule has 3 aromatic rings. The Morgan fingerprint density at radius 3 is 2.21 bits per heavy atom. The number of ether oxygens (including phenoxy) is 1. The van der Waals surface area contributed by atoms with E-state index in [-0.39, 0.29) is 33.0 Å². The van der Waals surface area contributed by atoms with E-state index in [1.807, 2.05) is 0 Å². The van der Waals surface area contributed by atoms with Gasteiger partial charge in [0.05, 0.1) is 28.8 Å². The van der Waals surface area contributed by atoms with E-state index in [4.69, 9.17) is 4.74 Å². The summed E-state index contributed by atoms with van der Waals surface area (Å²) in [5.74, 6) is -0.900. The third kappa shape index (κ3) is 4.15. The van der Waals surface area contributed by atoms with Crippen LogP contribution in [0.1, 0.15) is 31.1 Å². The number of sulfonamides is 1. The molecule has 0 radical (unpaired) electrons. The zero-order chi connectivity index (χ0) is 23.8. The van der Waals surface area contributed by atoms with Crippen LogP contribution in [0.15, 0.2) is 71.6 Å². The summed E-state index contributed by atoms with van der Waals surface area (Å²) in [7, 11) is -0.960. The number of nitrogens with one attached hydrogen (secondary N) is 2. The highest BCUT2D eigenvalue weighted by Crippen LogP contribution is 2.29. The lowest BCUT2D eigenvalue weighted by atomic mass is 10.1. The fourth-order valence-electron chi connectivity index (χ4n) is 3.36. The van der Waals surface area contributed by atoms with Crippen molar-refractivity contribution in [1.82, 2.24) is 4.90 Å². The molecule has 3 aromatic carbocycles.